The third-order valence-electron chi connectivity index (χ3n) is 5.19. The van der Waals surface area contributed by atoms with Crippen molar-refractivity contribution in [3.05, 3.63) is 59.2 Å². The Hall–Kier alpha value is -2.47. The van der Waals surface area contributed by atoms with Crippen molar-refractivity contribution in [2.45, 2.75) is 33.1 Å². The first kappa shape index (κ1) is 22.2. The van der Waals surface area contributed by atoms with Crippen LogP contribution < -0.4 is 10.1 Å². The fraction of sp³-hybridized carbons (Fsp3) is 0.417. The predicted octanol–water partition coefficient (Wildman–Crippen LogP) is 4.25. The number of amides is 2. The van der Waals surface area contributed by atoms with E-state index in [4.69, 9.17) is 4.74 Å². The maximum atomic E-state index is 12.4. The van der Waals surface area contributed by atoms with Crippen LogP contribution in [0.1, 0.15) is 36.5 Å². The van der Waals surface area contributed by atoms with Gasteiger partial charge in [0.1, 0.15) is 5.75 Å². The quantitative estimate of drug-likeness (QED) is 0.719. The summed E-state index contributed by atoms with van der Waals surface area (Å²) in [5, 5.41) is 2.84. The van der Waals surface area contributed by atoms with Gasteiger partial charge >= 0.3 is 0 Å². The monoisotopic (exact) mass is 426 g/mol. The highest BCUT2D eigenvalue weighted by molar-refractivity contribution is 7.99. The first-order valence-corrected chi connectivity index (χ1v) is 11.6. The molecule has 0 unspecified atom stereocenters. The summed E-state index contributed by atoms with van der Waals surface area (Å²) in [6.45, 7) is 7.98. The average Bonchev–Trinajstić information content (AvgIpc) is 2.74. The normalized spacial score (nSPS) is 13.9. The lowest BCUT2D eigenvalue weighted by Gasteiger charge is -2.26. The van der Waals surface area contributed by atoms with Gasteiger partial charge in [-0.3, -0.25) is 9.59 Å². The third kappa shape index (κ3) is 6.26. The Balaban J connectivity index is 1.47. The van der Waals surface area contributed by atoms with Gasteiger partial charge in [-0.05, 0) is 53.8 Å². The summed E-state index contributed by atoms with van der Waals surface area (Å²) in [6.07, 6.45) is 0.397. The van der Waals surface area contributed by atoms with E-state index in [1.807, 2.05) is 53.1 Å². The number of nitrogens with one attached hydrogen (secondary N) is 1. The highest BCUT2D eigenvalue weighted by atomic mass is 32.2. The zero-order valence-electron chi connectivity index (χ0n) is 17.9. The maximum Gasteiger partial charge on any atom is 0.262 e. The minimum absolute atomic E-state index is 0.0479. The van der Waals surface area contributed by atoms with Crippen LogP contribution >= 0.6 is 11.8 Å². The lowest BCUT2D eigenvalue weighted by Crippen LogP contribution is -2.38. The van der Waals surface area contributed by atoms with Gasteiger partial charge in [-0.25, -0.2) is 0 Å². The van der Waals surface area contributed by atoms with E-state index in [1.165, 1.54) is 5.56 Å². The van der Waals surface area contributed by atoms with Gasteiger partial charge in [0.05, 0.1) is 6.42 Å². The van der Waals surface area contributed by atoms with Crippen molar-refractivity contribution >= 4 is 29.3 Å². The number of benzene rings is 2. The molecular formula is C24H30N2O3S. The highest BCUT2D eigenvalue weighted by Crippen LogP contribution is 2.23. The Bertz CT molecular complexity index is 875. The molecular weight excluding hydrogens is 396 g/mol. The second-order valence-corrected chi connectivity index (χ2v) is 9.10. The van der Waals surface area contributed by atoms with Gasteiger partial charge in [0.25, 0.3) is 5.91 Å². The molecule has 1 aliphatic heterocycles. The number of thioether (sulfide) groups is 1. The second kappa shape index (κ2) is 10.5. The number of hydrogen-bond acceptors (Lipinski definition) is 4. The number of carbonyl (C=O) groups is 2. The van der Waals surface area contributed by atoms with Crippen LogP contribution in [-0.4, -0.2) is 47.9 Å². The van der Waals surface area contributed by atoms with Crippen molar-refractivity contribution in [2.75, 3.05) is 36.5 Å². The van der Waals surface area contributed by atoms with Crippen molar-refractivity contribution < 1.29 is 14.3 Å². The van der Waals surface area contributed by atoms with Gasteiger partial charge in [0, 0.05) is 30.3 Å². The van der Waals surface area contributed by atoms with E-state index in [0.29, 0.717) is 23.8 Å². The summed E-state index contributed by atoms with van der Waals surface area (Å²) < 4.78 is 5.64. The molecule has 2 amide bonds. The summed E-state index contributed by atoms with van der Waals surface area (Å²) in [6, 6.07) is 13.4. The molecule has 1 heterocycles. The summed E-state index contributed by atoms with van der Waals surface area (Å²) >= 11 is 1.89. The SMILES string of the molecule is Cc1cc(OCC(=O)Nc2ccc(CC(=O)N3CCSCC3)cc2)ccc1C(C)C. The molecule has 2 aromatic carbocycles. The molecule has 160 valence electrons. The Morgan fingerprint density at radius 1 is 1.10 bits per heavy atom. The van der Waals surface area contributed by atoms with Crippen molar-refractivity contribution in [1.29, 1.82) is 0 Å². The lowest BCUT2D eigenvalue weighted by atomic mass is 9.98. The summed E-state index contributed by atoms with van der Waals surface area (Å²) in [5.74, 6) is 3.13. The van der Waals surface area contributed by atoms with E-state index in [1.54, 1.807) is 0 Å². The molecule has 3 rings (SSSR count). The molecule has 0 aliphatic carbocycles. The van der Waals surface area contributed by atoms with Crippen LogP contribution in [0.15, 0.2) is 42.5 Å². The molecule has 1 fully saturated rings. The number of rotatable bonds is 7. The van der Waals surface area contributed by atoms with E-state index in [-0.39, 0.29) is 18.4 Å². The van der Waals surface area contributed by atoms with Gasteiger partial charge in [0.15, 0.2) is 6.61 Å². The second-order valence-electron chi connectivity index (χ2n) is 7.88. The predicted molar refractivity (Wildman–Crippen MR) is 123 cm³/mol. The topological polar surface area (TPSA) is 58.6 Å². The molecule has 0 radical (unpaired) electrons. The number of anilines is 1. The zero-order chi connectivity index (χ0) is 21.5. The highest BCUT2D eigenvalue weighted by Gasteiger charge is 2.17. The van der Waals surface area contributed by atoms with E-state index >= 15 is 0 Å². The van der Waals surface area contributed by atoms with Crippen molar-refractivity contribution in [3.63, 3.8) is 0 Å². The minimum atomic E-state index is -0.213. The fourth-order valence-corrected chi connectivity index (χ4v) is 4.44. The maximum absolute atomic E-state index is 12.4. The lowest BCUT2D eigenvalue weighted by molar-refractivity contribution is -0.130. The molecule has 30 heavy (non-hydrogen) atoms. The van der Waals surface area contributed by atoms with Gasteiger partial charge < -0.3 is 15.0 Å². The van der Waals surface area contributed by atoms with E-state index in [9.17, 15) is 9.59 Å². The van der Waals surface area contributed by atoms with E-state index in [0.717, 1.165) is 35.7 Å². The van der Waals surface area contributed by atoms with Gasteiger partial charge in [-0.15, -0.1) is 0 Å². The smallest absolute Gasteiger partial charge is 0.262 e. The van der Waals surface area contributed by atoms with Crippen LogP contribution in [0.4, 0.5) is 5.69 Å². The Morgan fingerprint density at radius 3 is 2.43 bits per heavy atom. The van der Waals surface area contributed by atoms with Gasteiger partial charge in [-0.2, -0.15) is 11.8 Å². The van der Waals surface area contributed by atoms with Crippen molar-refractivity contribution in [1.82, 2.24) is 4.90 Å². The number of nitrogens with zero attached hydrogens (tertiary/aromatic N) is 1. The molecule has 0 bridgehead atoms. The molecule has 0 atom stereocenters. The molecule has 1 saturated heterocycles. The molecule has 0 aromatic heterocycles. The average molecular weight is 427 g/mol. The largest absolute Gasteiger partial charge is 0.484 e. The summed E-state index contributed by atoms with van der Waals surface area (Å²) in [5.41, 5.74) is 4.09. The van der Waals surface area contributed by atoms with Crippen LogP contribution in [0.2, 0.25) is 0 Å². The number of hydrogen-bond donors (Lipinski definition) is 1. The Kier molecular flexibility index (Phi) is 7.80. The molecule has 0 saturated carbocycles. The van der Waals surface area contributed by atoms with Crippen LogP contribution in [0.5, 0.6) is 5.75 Å². The van der Waals surface area contributed by atoms with Crippen LogP contribution in [-0.2, 0) is 16.0 Å². The molecule has 0 spiro atoms. The molecule has 2 aromatic rings. The third-order valence-corrected chi connectivity index (χ3v) is 6.13. The van der Waals surface area contributed by atoms with Crippen LogP contribution in [0.25, 0.3) is 0 Å². The van der Waals surface area contributed by atoms with Crippen molar-refractivity contribution in [3.8, 4) is 5.75 Å². The fourth-order valence-electron chi connectivity index (χ4n) is 3.54. The van der Waals surface area contributed by atoms with Gasteiger partial charge in [0.2, 0.25) is 5.91 Å². The van der Waals surface area contributed by atoms with E-state index in [2.05, 4.69) is 32.2 Å². The molecule has 6 heteroatoms. The first-order chi connectivity index (χ1) is 14.4. The summed E-state index contributed by atoms with van der Waals surface area (Å²) in [7, 11) is 0. The Morgan fingerprint density at radius 2 is 1.80 bits per heavy atom. The van der Waals surface area contributed by atoms with Gasteiger partial charge in [-0.1, -0.05) is 32.0 Å². The number of carbonyl (C=O) groups excluding carboxylic acids is 2. The number of ether oxygens (including phenoxy) is 1. The summed E-state index contributed by atoms with van der Waals surface area (Å²) in [4.78, 5) is 26.5. The minimum Gasteiger partial charge on any atom is -0.484 e. The van der Waals surface area contributed by atoms with Crippen molar-refractivity contribution in [2.24, 2.45) is 0 Å². The first-order valence-electron chi connectivity index (χ1n) is 10.4. The zero-order valence-corrected chi connectivity index (χ0v) is 18.8. The van der Waals surface area contributed by atoms with Crippen LogP contribution in [0.3, 0.4) is 0 Å². The molecule has 1 N–H and O–H groups in total. The standard InChI is InChI=1S/C24H30N2O3S/c1-17(2)22-9-8-21(14-18(22)3)29-16-23(27)25-20-6-4-19(5-7-20)15-24(28)26-10-12-30-13-11-26/h4-9,14,17H,10-13,15-16H2,1-3H3,(H,25,27). The number of aryl methyl sites for hydroxylation is 1. The Labute approximate surface area is 183 Å². The molecule has 1 aliphatic rings. The van der Waals surface area contributed by atoms with Crippen LogP contribution in [0, 0.1) is 6.92 Å². The van der Waals surface area contributed by atoms with E-state index < -0.39 is 0 Å². The molecule has 5 nitrogen and oxygen atoms in total.